The van der Waals surface area contributed by atoms with E-state index < -0.39 is 0 Å². The molecule has 2 unspecified atom stereocenters. The van der Waals surface area contributed by atoms with Crippen molar-refractivity contribution in [1.82, 2.24) is 4.90 Å². The number of amides is 1. The third kappa shape index (κ3) is 2.60. The Balaban J connectivity index is 1.56. The predicted octanol–water partition coefficient (Wildman–Crippen LogP) is 2.11. The maximum atomic E-state index is 12.1. The molecule has 20 heavy (non-hydrogen) atoms. The standard InChI is InChI=1S/C16H21NO3/c1-19-14-5-3-11(7-15(14)20-2)4-6-16(18)17-9-12-8-13(12)10-17/h3,5,7,12-13H,4,6,8-10H2,1-2H3. The maximum absolute atomic E-state index is 12.1. The number of piperidine rings is 1. The number of methoxy groups -OCH3 is 2. The van der Waals surface area contributed by atoms with Crippen molar-refractivity contribution in [3.05, 3.63) is 23.8 Å². The van der Waals surface area contributed by atoms with Crippen LogP contribution in [0.1, 0.15) is 18.4 Å². The minimum absolute atomic E-state index is 0.284. The number of carbonyl (C=O) groups is 1. The molecule has 2 atom stereocenters. The fourth-order valence-electron chi connectivity index (χ4n) is 3.05. The van der Waals surface area contributed by atoms with Gasteiger partial charge in [0, 0.05) is 19.5 Å². The number of rotatable bonds is 5. The molecule has 0 bridgehead atoms. The molecule has 1 aromatic rings. The highest BCUT2D eigenvalue weighted by atomic mass is 16.5. The molecule has 1 heterocycles. The van der Waals surface area contributed by atoms with E-state index in [9.17, 15) is 4.79 Å². The minimum Gasteiger partial charge on any atom is -0.493 e. The highest BCUT2D eigenvalue weighted by Crippen LogP contribution is 2.45. The molecule has 0 radical (unpaired) electrons. The normalized spacial score (nSPS) is 23.4. The third-order valence-electron chi connectivity index (χ3n) is 4.41. The van der Waals surface area contributed by atoms with E-state index in [1.165, 1.54) is 6.42 Å². The van der Waals surface area contributed by atoms with Gasteiger partial charge in [-0.05, 0) is 42.4 Å². The van der Waals surface area contributed by atoms with Gasteiger partial charge in [-0.3, -0.25) is 4.79 Å². The maximum Gasteiger partial charge on any atom is 0.222 e. The van der Waals surface area contributed by atoms with E-state index in [0.29, 0.717) is 6.42 Å². The van der Waals surface area contributed by atoms with Crippen molar-refractivity contribution >= 4 is 5.91 Å². The average molecular weight is 275 g/mol. The Hall–Kier alpha value is -1.71. The number of hydrogen-bond acceptors (Lipinski definition) is 3. The number of hydrogen-bond donors (Lipinski definition) is 0. The number of aryl methyl sites for hydroxylation is 1. The van der Waals surface area contributed by atoms with Crippen LogP contribution >= 0.6 is 0 Å². The van der Waals surface area contributed by atoms with Gasteiger partial charge in [-0.15, -0.1) is 0 Å². The number of nitrogens with zero attached hydrogens (tertiary/aromatic N) is 1. The fourth-order valence-corrected chi connectivity index (χ4v) is 3.05. The molecule has 0 aromatic heterocycles. The molecule has 1 aliphatic carbocycles. The van der Waals surface area contributed by atoms with Gasteiger partial charge < -0.3 is 14.4 Å². The highest BCUT2D eigenvalue weighted by molar-refractivity contribution is 5.77. The molecule has 1 saturated heterocycles. The van der Waals surface area contributed by atoms with Crippen molar-refractivity contribution in [2.24, 2.45) is 11.8 Å². The number of likely N-dealkylation sites (tertiary alicyclic amines) is 1. The first-order valence-corrected chi connectivity index (χ1v) is 7.20. The monoisotopic (exact) mass is 275 g/mol. The number of benzene rings is 1. The van der Waals surface area contributed by atoms with E-state index in [0.717, 1.165) is 48.4 Å². The van der Waals surface area contributed by atoms with Gasteiger partial charge in [0.2, 0.25) is 5.91 Å². The van der Waals surface area contributed by atoms with Crippen LogP contribution in [0, 0.1) is 11.8 Å². The van der Waals surface area contributed by atoms with Crippen LogP contribution < -0.4 is 9.47 Å². The van der Waals surface area contributed by atoms with Crippen molar-refractivity contribution < 1.29 is 14.3 Å². The lowest BCUT2D eigenvalue weighted by atomic mass is 10.1. The van der Waals surface area contributed by atoms with Crippen LogP contribution in [0.2, 0.25) is 0 Å². The Morgan fingerprint density at radius 2 is 1.90 bits per heavy atom. The van der Waals surface area contributed by atoms with Gasteiger partial charge in [-0.25, -0.2) is 0 Å². The fraction of sp³-hybridized carbons (Fsp3) is 0.562. The third-order valence-corrected chi connectivity index (χ3v) is 4.41. The number of fused-ring (bicyclic) bond motifs is 1. The van der Waals surface area contributed by atoms with Crippen LogP contribution in [0.4, 0.5) is 0 Å². The summed E-state index contributed by atoms with van der Waals surface area (Å²) in [4.78, 5) is 14.2. The molecule has 1 aliphatic heterocycles. The lowest BCUT2D eigenvalue weighted by Gasteiger charge is -2.18. The summed E-state index contributed by atoms with van der Waals surface area (Å²) in [6, 6.07) is 5.84. The van der Waals surface area contributed by atoms with E-state index in [1.54, 1.807) is 14.2 Å². The van der Waals surface area contributed by atoms with Gasteiger partial charge in [0.1, 0.15) is 0 Å². The van der Waals surface area contributed by atoms with Gasteiger partial charge in [0.25, 0.3) is 0 Å². The van der Waals surface area contributed by atoms with Crippen molar-refractivity contribution in [2.45, 2.75) is 19.3 Å². The van der Waals surface area contributed by atoms with Crippen LogP contribution in [-0.4, -0.2) is 38.1 Å². The number of carbonyl (C=O) groups excluding carboxylic acids is 1. The second-order valence-electron chi connectivity index (χ2n) is 5.74. The minimum atomic E-state index is 0.284. The highest BCUT2D eigenvalue weighted by Gasteiger charge is 2.46. The molecular formula is C16H21NO3. The van der Waals surface area contributed by atoms with Crippen molar-refractivity contribution in [3.63, 3.8) is 0 Å². The summed E-state index contributed by atoms with van der Waals surface area (Å²) < 4.78 is 10.5. The number of ether oxygens (including phenoxy) is 2. The molecule has 1 aromatic carbocycles. The van der Waals surface area contributed by atoms with Crippen LogP contribution in [-0.2, 0) is 11.2 Å². The summed E-state index contributed by atoms with van der Waals surface area (Å²) in [6.07, 6.45) is 2.67. The first-order chi connectivity index (χ1) is 9.71. The second kappa shape index (κ2) is 5.35. The quantitative estimate of drug-likeness (QED) is 0.826. The average Bonchev–Trinajstić information content (AvgIpc) is 3.10. The lowest BCUT2D eigenvalue weighted by molar-refractivity contribution is -0.130. The molecule has 2 aliphatic rings. The second-order valence-corrected chi connectivity index (χ2v) is 5.74. The molecule has 0 spiro atoms. The predicted molar refractivity (Wildman–Crippen MR) is 76.0 cm³/mol. The zero-order valence-electron chi connectivity index (χ0n) is 12.1. The molecule has 1 amide bonds. The van der Waals surface area contributed by atoms with Gasteiger partial charge in [0.15, 0.2) is 11.5 Å². The molecule has 1 saturated carbocycles. The van der Waals surface area contributed by atoms with Crippen LogP contribution in [0.5, 0.6) is 11.5 Å². The van der Waals surface area contributed by atoms with Crippen LogP contribution in [0.3, 0.4) is 0 Å². The summed E-state index contributed by atoms with van der Waals surface area (Å²) in [7, 11) is 3.25. The van der Waals surface area contributed by atoms with E-state index in [-0.39, 0.29) is 5.91 Å². The Labute approximate surface area is 119 Å². The van der Waals surface area contributed by atoms with Gasteiger partial charge in [-0.1, -0.05) is 6.07 Å². The SMILES string of the molecule is COc1ccc(CCC(=O)N2CC3CC3C2)cc1OC. The van der Waals surface area contributed by atoms with Crippen LogP contribution in [0.25, 0.3) is 0 Å². The van der Waals surface area contributed by atoms with Gasteiger partial charge >= 0.3 is 0 Å². The largest absolute Gasteiger partial charge is 0.493 e. The van der Waals surface area contributed by atoms with E-state index in [2.05, 4.69) is 0 Å². The lowest BCUT2D eigenvalue weighted by Crippen LogP contribution is -2.30. The molecular weight excluding hydrogens is 254 g/mol. The summed E-state index contributed by atoms with van der Waals surface area (Å²) in [5, 5.41) is 0. The van der Waals surface area contributed by atoms with Crippen molar-refractivity contribution in [2.75, 3.05) is 27.3 Å². The van der Waals surface area contributed by atoms with Crippen LogP contribution in [0.15, 0.2) is 18.2 Å². The topological polar surface area (TPSA) is 38.8 Å². The molecule has 4 nitrogen and oxygen atoms in total. The zero-order chi connectivity index (χ0) is 14.1. The zero-order valence-corrected chi connectivity index (χ0v) is 12.1. The first kappa shape index (κ1) is 13.3. The summed E-state index contributed by atoms with van der Waals surface area (Å²) >= 11 is 0. The summed E-state index contributed by atoms with van der Waals surface area (Å²) in [5.74, 6) is 3.34. The van der Waals surface area contributed by atoms with Gasteiger partial charge in [0.05, 0.1) is 14.2 Å². The van der Waals surface area contributed by atoms with Crippen molar-refractivity contribution in [1.29, 1.82) is 0 Å². The Bertz CT molecular complexity index is 504. The smallest absolute Gasteiger partial charge is 0.222 e. The van der Waals surface area contributed by atoms with E-state index >= 15 is 0 Å². The molecule has 3 rings (SSSR count). The van der Waals surface area contributed by atoms with Crippen molar-refractivity contribution in [3.8, 4) is 11.5 Å². The van der Waals surface area contributed by atoms with E-state index in [1.807, 2.05) is 23.1 Å². The Kier molecular flexibility index (Phi) is 3.55. The molecule has 4 heteroatoms. The Morgan fingerprint density at radius 1 is 1.20 bits per heavy atom. The van der Waals surface area contributed by atoms with Gasteiger partial charge in [-0.2, -0.15) is 0 Å². The summed E-state index contributed by atoms with van der Waals surface area (Å²) in [6.45, 7) is 1.96. The first-order valence-electron chi connectivity index (χ1n) is 7.20. The summed E-state index contributed by atoms with van der Waals surface area (Å²) in [5.41, 5.74) is 1.11. The molecule has 108 valence electrons. The van der Waals surface area contributed by atoms with E-state index in [4.69, 9.17) is 9.47 Å². The molecule has 2 fully saturated rings. The molecule has 0 N–H and O–H groups in total. The Morgan fingerprint density at radius 3 is 2.55 bits per heavy atom.